The molecule has 3 saturated carbocycles. The number of anilines is 3. The van der Waals surface area contributed by atoms with Crippen LogP contribution in [0.5, 0.6) is 0 Å². The second-order valence-electron chi connectivity index (χ2n) is 6.58. The summed E-state index contributed by atoms with van der Waals surface area (Å²) in [5.41, 5.74) is 5.81. The van der Waals surface area contributed by atoms with Gasteiger partial charge in [0.15, 0.2) is 0 Å². The summed E-state index contributed by atoms with van der Waals surface area (Å²) in [6.45, 7) is 3.05. The third-order valence-corrected chi connectivity index (χ3v) is 5.35. The van der Waals surface area contributed by atoms with E-state index in [9.17, 15) is 0 Å². The molecule has 0 saturated heterocycles. The number of nitrogens with zero attached hydrogens (tertiary/aromatic N) is 2. The van der Waals surface area contributed by atoms with Gasteiger partial charge in [-0.2, -0.15) is 9.97 Å². The van der Waals surface area contributed by atoms with E-state index in [2.05, 4.69) is 27.5 Å². The van der Waals surface area contributed by atoms with E-state index in [0.717, 1.165) is 48.3 Å². The molecule has 1 aromatic heterocycles. The van der Waals surface area contributed by atoms with E-state index in [4.69, 9.17) is 5.73 Å². The van der Waals surface area contributed by atoms with Crippen LogP contribution in [0, 0.1) is 23.7 Å². The van der Waals surface area contributed by atoms with Crippen LogP contribution < -0.4 is 16.4 Å². The molecule has 1 heterocycles. The number of fused-ring (bicyclic) bond motifs is 5. The Hall–Kier alpha value is -1.52. The Kier molecular flexibility index (Phi) is 2.75. The van der Waals surface area contributed by atoms with E-state index < -0.39 is 0 Å². The summed E-state index contributed by atoms with van der Waals surface area (Å²) in [5.74, 6) is 5.81. The Morgan fingerprint density at radius 2 is 1.90 bits per heavy atom. The zero-order chi connectivity index (χ0) is 13.7. The minimum atomic E-state index is 0.349. The van der Waals surface area contributed by atoms with Gasteiger partial charge in [0.2, 0.25) is 5.95 Å². The minimum absolute atomic E-state index is 0.349. The van der Waals surface area contributed by atoms with Crippen molar-refractivity contribution in [1.82, 2.24) is 9.97 Å². The monoisotopic (exact) mass is 273 g/mol. The summed E-state index contributed by atoms with van der Waals surface area (Å²) >= 11 is 0. The third-order valence-electron chi connectivity index (χ3n) is 5.35. The smallest absolute Gasteiger partial charge is 0.223 e. The Bertz CT molecular complexity index is 501. The van der Waals surface area contributed by atoms with Gasteiger partial charge >= 0.3 is 0 Å². The molecular weight excluding hydrogens is 250 g/mol. The maximum atomic E-state index is 5.81. The van der Waals surface area contributed by atoms with E-state index in [-0.39, 0.29) is 0 Å². The molecule has 4 atom stereocenters. The summed E-state index contributed by atoms with van der Waals surface area (Å²) in [6, 6.07) is 2.62. The van der Waals surface area contributed by atoms with Crippen molar-refractivity contribution >= 4 is 17.6 Å². The van der Waals surface area contributed by atoms with Gasteiger partial charge in [0.05, 0.1) is 0 Å². The van der Waals surface area contributed by atoms with Crippen molar-refractivity contribution in [2.45, 2.75) is 38.6 Å². The SMILES string of the molecule is CCCNc1cc(NC2C3C4CCC(C4)C23)nc(N)n1. The molecule has 5 nitrogen and oxygen atoms in total. The molecular formula is C15H23N5. The highest BCUT2D eigenvalue weighted by Gasteiger charge is 2.65. The normalized spacial score (nSPS) is 36.8. The van der Waals surface area contributed by atoms with Crippen molar-refractivity contribution < 1.29 is 0 Å². The summed E-state index contributed by atoms with van der Waals surface area (Å²) in [4.78, 5) is 8.56. The fraction of sp³-hybridized carbons (Fsp3) is 0.733. The summed E-state index contributed by atoms with van der Waals surface area (Å²) in [6.07, 6.45) is 5.43. The summed E-state index contributed by atoms with van der Waals surface area (Å²) in [7, 11) is 0. The van der Waals surface area contributed by atoms with Crippen molar-refractivity contribution in [2.24, 2.45) is 23.7 Å². The van der Waals surface area contributed by atoms with Crippen molar-refractivity contribution in [1.29, 1.82) is 0 Å². The van der Waals surface area contributed by atoms with E-state index in [0.29, 0.717) is 12.0 Å². The van der Waals surface area contributed by atoms with Crippen molar-refractivity contribution in [3.63, 3.8) is 0 Å². The zero-order valence-corrected chi connectivity index (χ0v) is 12.0. The lowest BCUT2D eigenvalue weighted by atomic mass is 10.0. The molecule has 4 rings (SSSR count). The molecule has 5 heteroatoms. The fourth-order valence-corrected chi connectivity index (χ4v) is 4.57. The molecule has 3 aliphatic rings. The van der Waals surface area contributed by atoms with Gasteiger partial charge in [-0.25, -0.2) is 0 Å². The fourth-order valence-electron chi connectivity index (χ4n) is 4.57. The van der Waals surface area contributed by atoms with Crippen LogP contribution in [-0.4, -0.2) is 22.6 Å². The van der Waals surface area contributed by atoms with Gasteiger partial charge in [0, 0.05) is 18.7 Å². The molecule has 4 N–H and O–H groups in total. The average molecular weight is 273 g/mol. The molecule has 0 aliphatic heterocycles. The van der Waals surface area contributed by atoms with Gasteiger partial charge < -0.3 is 16.4 Å². The predicted octanol–water partition coefficient (Wildman–Crippen LogP) is 2.34. The van der Waals surface area contributed by atoms with Crippen LogP contribution in [0.15, 0.2) is 6.07 Å². The van der Waals surface area contributed by atoms with Gasteiger partial charge in [0.1, 0.15) is 11.6 Å². The minimum Gasteiger partial charge on any atom is -0.370 e. The van der Waals surface area contributed by atoms with Crippen LogP contribution in [0.1, 0.15) is 32.6 Å². The Balaban J connectivity index is 1.45. The standard InChI is InChI=1S/C15H23N5/c1-2-5-17-10-7-11(20-15(16)19-10)18-14-12-8-3-4-9(6-8)13(12)14/h7-9,12-14H,2-6H2,1H3,(H4,16,17,18,19,20). The topological polar surface area (TPSA) is 75.9 Å². The number of nitrogens with two attached hydrogens (primary N) is 1. The highest BCUT2D eigenvalue weighted by atomic mass is 15.2. The first-order valence-electron chi connectivity index (χ1n) is 7.91. The molecule has 0 radical (unpaired) electrons. The highest BCUT2D eigenvalue weighted by Crippen LogP contribution is 2.66. The lowest BCUT2D eigenvalue weighted by Crippen LogP contribution is -2.15. The first-order valence-corrected chi connectivity index (χ1v) is 7.91. The molecule has 4 unspecified atom stereocenters. The van der Waals surface area contributed by atoms with Gasteiger partial charge in [-0.1, -0.05) is 6.92 Å². The Morgan fingerprint density at radius 1 is 1.20 bits per heavy atom. The first-order chi connectivity index (χ1) is 9.76. The second-order valence-corrected chi connectivity index (χ2v) is 6.58. The number of hydrogen-bond donors (Lipinski definition) is 3. The van der Waals surface area contributed by atoms with Gasteiger partial charge in [-0.15, -0.1) is 0 Å². The molecule has 0 aromatic carbocycles. The van der Waals surface area contributed by atoms with Crippen LogP contribution in [0.2, 0.25) is 0 Å². The average Bonchev–Trinajstić information content (AvgIpc) is 2.83. The number of hydrogen-bond acceptors (Lipinski definition) is 5. The van der Waals surface area contributed by atoms with E-state index in [1.165, 1.54) is 19.3 Å². The molecule has 2 bridgehead atoms. The van der Waals surface area contributed by atoms with Gasteiger partial charge in [-0.05, 0) is 49.4 Å². The van der Waals surface area contributed by atoms with Crippen LogP contribution in [-0.2, 0) is 0 Å². The first kappa shape index (κ1) is 12.2. The molecule has 3 aliphatic carbocycles. The highest BCUT2D eigenvalue weighted by molar-refractivity contribution is 5.52. The lowest BCUT2D eigenvalue weighted by Gasteiger charge is -2.12. The maximum absolute atomic E-state index is 5.81. The van der Waals surface area contributed by atoms with E-state index in [1.807, 2.05) is 6.07 Å². The molecule has 0 amide bonds. The van der Waals surface area contributed by atoms with Gasteiger partial charge in [0.25, 0.3) is 0 Å². The van der Waals surface area contributed by atoms with E-state index >= 15 is 0 Å². The largest absolute Gasteiger partial charge is 0.370 e. The van der Waals surface area contributed by atoms with Crippen molar-refractivity contribution in [3.8, 4) is 0 Å². The zero-order valence-electron chi connectivity index (χ0n) is 12.0. The van der Waals surface area contributed by atoms with Crippen LogP contribution in [0.3, 0.4) is 0 Å². The molecule has 3 fully saturated rings. The number of rotatable bonds is 5. The third kappa shape index (κ3) is 1.91. The lowest BCUT2D eigenvalue weighted by molar-refractivity contribution is 0.456. The number of nitrogen functional groups attached to an aromatic ring is 1. The number of nitrogens with one attached hydrogen (secondary N) is 2. The molecule has 0 spiro atoms. The van der Waals surface area contributed by atoms with Crippen molar-refractivity contribution in [2.75, 3.05) is 22.9 Å². The Labute approximate surface area is 119 Å². The van der Waals surface area contributed by atoms with Crippen molar-refractivity contribution in [3.05, 3.63) is 6.07 Å². The molecule has 20 heavy (non-hydrogen) atoms. The van der Waals surface area contributed by atoms with Crippen LogP contribution >= 0.6 is 0 Å². The quantitative estimate of drug-likeness (QED) is 0.767. The predicted molar refractivity (Wildman–Crippen MR) is 80.4 cm³/mol. The maximum Gasteiger partial charge on any atom is 0.223 e. The second kappa shape index (κ2) is 4.50. The number of aromatic nitrogens is 2. The van der Waals surface area contributed by atoms with Crippen LogP contribution in [0.25, 0.3) is 0 Å². The summed E-state index contributed by atoms with van der Waals surface area (Å²) < 4.78 is 0. The van der Waals surface area contributed by atoms with Crippen LogP contribution in [0.4, 0.5) is 17.6 Å². The van der Waals surface area contributed by atoms with E-state index in [1.54, 1.807) is 0 Å². The Morgan fingerprint density at radius 3 is 2.60 bits per heavy atom. The molecule has 1 aromatic rings. The molecule has 108 valence electrons. The van der Waals surface area contributed by atoms with Gasteiger partial charge in [-0.3, -0.25) is 0 Å². The summed E-state index contributed by atoms with van der Waals surface area (Å²) in [5, 5.41) is 6.88.